The van der Waals surface area contributed by atoms with E-state index in [0.717, 1.165) is 16.6 Å². The number of hydrogen-bond acceptors (Lipinski definition) is 5. The van der Waals surface area contributed by atoms with Gasteiger partial charge in [-0.2, -0.15) is 0 Å². The van der Waals surface area contributed by atoms with E-state index in [4.69, 9.17) is 5.11 Å². The Morgan fingerprint density at radius 3 is 2.85 bits per heavy atom. The molecule has 2 heterocycles. The summed E-state index contributed by atoms with van der Waals surface area (Å²) in [6.45, 7) is 2.02. The maximum Gasteiger partial charge on any atom is 0.356 e. The number of imidazole rings is 1. The molecule has 6 nitrogen and oxygen atoms in total. The number of nitrogens with zero attached hydrogens (tertiary/aromatic N) is 3. The third-order valence-corrected chi connectivity index (χ3v) is 3.47. The second-order valence-electron chi connectivity index (χ2n) is 4.21. The number of nitrogens with one attached hydrogen (secondary N) is 1. The summed E-state index contributed by atoms with van der Waals surface area (Å²) in [6, 6.07) is 5.97. The predicted molar refractivity (Wildman–Crippen MR) is 73.9 cm³/mol. The minimum atomic E-state index is -1.09. The van der Waals surface area contributed by atoms with Crippen molar-refractivity contribution in [3.05, 3.63) is 41.9 Å². The quantitative estimate of drug-likeness (QED) is 0.768. The molecule has 7 heteroatoms. The van der Waals surface area contributed by atoms with Gasteiger partial charge in [-0.15, -0.1) is 0 Å². The third kappa shape index (κ3) is 2.48. The van der Waals surface area contributed by atoms with Gasteiger partial charge in [0.2, 0.25) is 0 Å². The van der Waals surface area contributed by atoms with Crippen LogP contribution in [0.2, 0.25) is 0 Å². The summed E-state index contributed by atoms with van der Waals surface area (Å²) in [4.78, 5) is 26.2. The van der Waals surface area contributed by atoms with Gasteiger partial charge in [0.1, 0.15) is 5.03 Å². The second-order valence-corrected chi connectivity index (χ2v) is 5.22. The van der Waals surface area contributed by atoms with Crippen LogP contribution in [0.5, 0.6) is 0 Å². The van der Waals surface area contributed by atoms with Gasteiger partial charge in [0.15, 0.2) is 10.9 Å². The smallest absolute Gasteiger partial charge is 0.356 e. The van der Waals surface area contributed by atoms with E-state index in [2.05, 4.69) is 19.9 Å². The fraction of sp³-hybridized carbons (Fsp3) is 0.0769. The zero-order valence-electron chi connectivity index (χ0n) is 10.5. The Morgan fingerprint density at radius 2 is 2.15 bits per heavy atom. The Kier molecular flexibility index (Phi) is 3.11. The SMILES string of the molecule is Cc1ccc2nc(Sc3cnc(C(=O)O)cn3)[nH]c2c1. The standard InChI is InChI=1S/C13H10N4O2S/c1-7-2-3-8-9(4-7)17-13(16-8)20-11-6-14-10(5-15-11)12(18)19/h2-6H,1H3,(H,16,17)(H,18,19). The minimum Gasteiger partial charge on any atom is -0.476 e. The lowest BCUT2D eigenvalue weighted by Crippen LogP contribution is -2.00. The van der Waals surface area contributed by atoms with Gasteiger partial charge in [-0.1, -0.05) is 6.07 Å². The number of rotatable bonds is 3. The van der Waals surface area contributed by atoms with E-state index < -0.39 is 5.97 Å². The third-order valence-electron chi connectivity index (χ3n) is 2.66. The van der Waals surface area contributed by atoms with Crippen molar-refractivity contribution in [2.24, 2.45) is 0 Å². The first-order valence-electron chi connectivity index (χ1n) is 5.81. The Balaban J connectivity index is 1.87. The number of carboxylic acid groups (broad SMARTS) is 1. The molecule has 0 radical (unpaired) electrons. The Labute approximate surface area is 118 Å². The van der Waals surface area contributed by atoms with E-state index in [1.54, 1.807) is 0 Å². The summed E-state index contributed by atoms with van der Waals surface area (Å²) < 4.78 is 0. The fourth-order valence-electron chi connectivity index (χ4n) is 1.73. The Bertz CT molecular complexity index is 783. The molecule has 0 saturated heterocycles. The summed E-state index contributed by atoms with van der Waals surface area (Å²) in [5, 5.41) is 10.0. The van der Waals surface area contributed by atoms with E-state index in [9.17, 15) is 4.79 Å². The van der Waals surface area contributed by atoms with Crippen molar-refractivity contribution in [3.8, 4) is 0 Å². The average Bonchev–Trinajstić information content (AvgIpc) is 2.80. The molecule has 1 aromatic carbocycles. The lowest BCUT2D eigenvalue weighted by atomic mass is 10.2. The molecule has 100 valence electrons. The topological polar surface area (TPSA) is 91.8 Å². The van der Waals surface area contributed by atoms with Crippen LogP contribution in [-0.4, -0.2) is 31.0 Å². The summed E-state index contributed by atoms with van der Waals surface area (Å²) in [5.74, 6) is -1.09. The largest absolute Gasteiger partial charge is 0.476 e. The molecule has 0 amide bonds. The zero-order chi connectivity index (χ0) is 14.1. The van der Waals surface area contributed by atoms with Crippen molar-refractivity contribution in [1.82, 2.24) is 19.9 Å². The number of hydrogen-bond donors (Lipinski definition) is 2. The van der Waals surface area contributed by atoms with Gasteiger partial charge in [-0.05, 0) is 36.4 Å². The van der Waals surface area contributed by atoms with Crippen molar-refractivity contribution in [3.63, 3.8) is 0 Å². The van der Waals surface area contributed by atoms with Gasteiger partial charge in [0, 0.05) is 0 Å². The zero-order valence-corrected chi connectivity index (χ0v) is 11.3. The molecule has 0 spiro atoms. The highest BCUT2D eigenvalue weighted by atomic mass is 32.2. The molecule has 20 heavy (non-hydrogen) atoms. The van der Waals surface area contributed by atoms with Crippen molar-refractivity contribution in [1.29, 1.82) is 0 Å². The van der Waals surface area contributed by atoms with Crippen LogP contribution >= 0.6 is 11.8 Å². The lowest BCUT2D eigenvalue weighted by molar-refractivity contribution is 0.0689. The first-order valence-corrected chi connectivity index (χ1v) is 6.63. The predicted octanol–water partition coefficient (Wildman–Crippen LogP) is 2.51. The molecule has 2 aromatic heterocycles. The number of aromatic nitrogens is 4. The first kappa shape index (κ1) is 12.6. The van der Waals surface area contributed by atoms with Crippen LogP contribution in [0, 0.1) is 6.92 Å². The van der Waals surface area contributed by atoms with Crippen LogP contribution in [0.3, 0.4) is 0 Å². The molecular weight excluding hydrogens is 276 g/mol. The number of H-pyrrole nitrogens is 1. The van der Waals surface area contributed by atoms with E-state index in [1.807, 2.05) is 25.1 Å². The van der Waals surface area contributed by atoms with Crippen LogP contribution in [0.4, 0.5) is 0 Å². The van der Waals surface area contributed by atoms with Crippen LogP contribution in [0.1, 0.15) is 16.1 Å². The normalized spacial score (nSPS) is 10.8. The molecule has 0 aliphatic heterocycles. The highest BCUT2D eigenvalue weighted by molar-refractivity contribution is 7.99. The van der Waals surface area contributed by atoms with Crippen LogP contribution in [-0.2, 0) is 0 Å². The molecule has 0 aliphatic carbocycles. The number of aromatic carboxylic acids is 1. The monoisotopic (exact) mass is 286 g/mol. The van der Waals surface area contributed by atoms with Crippen LogP contribution in [0.25, 0.3) is 11.0 Å². The number of carbonyl (C=O) groups is 1. The van der Waals surface area contributed by atoms with Gasteiger partial charge in [-0.3, -0.25) is 0 Å². The van der Waals surface area contributed by atoms with Crippen molar-refractivity contribution >= 4 is 28.8 Å². The summed E-state index contributed by atoms with van der Waals surface area (Å²) in [7, 11) is 0. The first-order chi connectivity index (χ1) is 9.61. The molecule has 0 fully saturated rings. The van der Waals surface area contributed by atoms with Gasteiger partial charge >= 0.3 is 5.97 Å². The highest BCUT2D eigenvalue weighted by Gasteiger charge is 2.08. The van der Waals surface area contributed by atoms with E-state index in [-0.39, 0.29) is 5.69 Å². The van der Waals surface area contributed by atoms with E-state index in [0.29, 0.717) is 10.2 Å². The van der Waals surface area contributed by atoms with Crippen molar-refractivity contribution in [2.45, 2.75) is 17.1 Å². The molecule has 0 aliphatic rings. The van der Waals surface area contributed by atoms with Crippen LogP contribution in [0.15, 0.2) is 40.8 Å². The van der Waals surface area contributed by atoms with Gasteiger partial charge in [0.25, 0.3) is 0 Å². The summed E-state index contributed by atoms with van der Waals surface area (Å²) in [5.41, 5.74) is 2.92. The number of fused-ring (bicyclic) bond motifs is 1. The van der Waals surface area contributed by atoms with Crippen molar-refractivity contribution in [2.75, 3.05) is 0 Å². The summed E-state index contributed by atoms with van der Waals surface area (Å²) in [6.07, 6.45) is 2.66. The molecule has 0 unspecified atom stereocenters. The fourth-order valence-corrected chi connectivity index (χ4v) is 2.44. The highest BCUT2D eigenvalue weighted by Crippen LogP contribution is 2.25. The Hall–Kier alpha value is -2.41. The molecule has 0 saturated carbocycles. The van der Waals surface area contributed by atoms with Crippen molar-refractivity contribution < 1.29 is 9.90 Å². The van der Waals surface area contributed by atoms with E-state index in [1.165, 1.54) is 24.2 Å². The number of carboxylic acids is 1. The molecule has 3 aromatic rings. The minimum absolute atomic E-state index is 0.0745. The number of benzene rings is 1. The number of aromatic amines is 1. The molecular formula is C13H10N4O2S. The lowest BCUT2D eigenvalue weighted by Gasteiger charge is -1.96. The van der Waals surface area contributed by atoms with Crippen LogP contribution < -0.4 is 0 Å². The maximum atomic E-state index is 10.7. The summed E-state index contributed by atoms with van der Waals surface area (Å²) >= 11 is 1.31. The second kappa shape index (κ2) is 4.93. The number of aryl methyl sites for hydroxylation is 1. The Morgan fingerprint density at radius 1 is 1.30 bits per heavy atom. The molecule has 2 N–H and O–H groups in total. The average molecular weight is 286 g/mol. The maximum absolute atomic E-state index is 10.7. The molecule has 0 atom stereocenters. The molecule has 0 bridgehead atoms. The van der Waals surface area contributed by atoms with Gasteiger partial charge in [-0.25, -0.2) is 19.7 Å². The molecule has 3 rings (SSSR count). The van der Waals surface area contributed by atoms with Gasteiger partial charge in [0.05, 0.1) is 23.4 Å². The van der Waals surface area contributed by atoms with E-state index >= 15 is 0 Å². The van der Waals surface area contributed by atoms with Gasteiger partial charge < -0.3 is 10.1 Å².